The molecule has 0 atom stereocenters. The van der Waals surface area contributed by atoms with Gasteiger partial charge in [-0.05, 0) is 39.8 Å². The summed E-state index contributed by atoms with van der Waals surface area (Å²) in [5.41, 5.74) is 2.06. The Kier molecular flexibility index (Phi) is 6.55. The van der Waals surface area contributed by atoms with Crippen molar-refractivity contribution in [2.75, 3.05) is 6.61 Å². The number of rotatable bonds is 6. The number of aromatic nitrogens is 2. The molecule has 0 radical (unpaired) electrons. The van der Waals surface area contributed by atoms with Crippen LogP contribution in [0.2, 0.25) is 0 Å². The number of aryl methyl sites for hydroxylation is 1. The third-order valence-electron chi connectivity index (χ3n) is 4.14. The summed E-state index contributed by atoms with van der Waals surface area (Å²) < 4.78 is 8.90. The van der Waals surface area contributed by atoms with E-state index in [9.17, 15) is 14.4 Å². The Hall–Kier alpha value is -2.90. The van der Waals surface area contributed by atoms with Gasteiger partial charge in [-0.15, -0.1) is 0 Å². The molecule has 0 unspecified atom stereocenters. The van der Waals surface area contributed by atoms with Crippen LogP contribution in [0.3, 0.4) is 0 Å². The van der Waals surface area contributed by atoms with Crippen LogP contribution in [-0.4, -0.2) is 35.1 Å². The monoisotopic (exact) mass is 375 g/mol. The molecule has 0 aliphatic heterocycles. The lowest BCUT2D eigenvalue weighted by molar-refractivity contribution is -0.674. The maximum atomic E-state index is 12.3. The summed E-state index contributed by atoms with van der Waals surface area (Å²) in [7, 11) is 0. The smallest absolute Gasteiger partial charge is 0.338 e. The number of nitrogens with zero attached hydrogens (tertiary/aromatic N) is 2. The van der Waals surface area contributed by atoms with Crippen LogP contribution >= 0.6 is 0 Å². The lowest BCUT2D eigenvalue weighted by Crippen LogP contribution is -2.44. The maximum Gasteiger partial charge on any atom is 0.338 e. The third kappa shape index (κ3) is 4.64. The number of nitrogens with one attached hydrogen (secondary N) is 2. The van der Waals surface area contributed by atoms with E-state index < -0.39 is 17.9 Å². The van der Waals surface area contributed by atoms with Gasteiger partial charge in [0.25, 0.3) is 11.7 Å². The predicted molar refractivity (Wildman–Crippen MR) is 100 cm³/mol. The van der Waals surface area contributed by atoms with Gasteiger partial charge in [0.2, 0.25) is 0 Å². The molecule has 0 saturated carbocycles. The van der Waals surface area contributed by atoms with Crippen LogP contribution in [0.1, 0.15) is 43.9 Å². The SMILES string of the molecule is CCOC(=O)c1ccc2c(c1)n(CC(=O)NC(=O)NC(C)C)c(C)[n+]2CC. The van der Waals surface area contributed by atoms with Gasteiger partial charge in [0.1, 0.15) is 0 Å². The highest BCUT2D eigenvalue weighted by atomic mass is 16.5. The van der Waals surface area contributed by atoms with Gasteiger partial charge in [-0.1, -0.05) is 0 Å². The summed E-state index contributed by atoms with van der Waals surface area (Å²) in [6.07, 6.45) is 0. The van der Waals surface area contributed by atoms with E-state index in [1.54, 1.807) is 23.6 Å². The van der Waals surface area contributed by atoms with Gasteiger partial charge in [-0.25, -0.2) is 18.7 Å². The fourth-order valence-electron chi connectivity index (χ4n) is 3.01. The molecule has 8 heteroatoms. The Bertz CT molecular complexity index is 870. The van der Waals surface area contributed by atoms with E-state index in [1.165, 1.54) is 0 Å². The van der Waals surface area contributed by atoms with E-state index >= 15 is 0 Å². The minimum atomic E-state index is -0.528. The molecule has 2 aromatic rings. The number of ether oxygens (including phenoxy) is 1. The Labute approximate surface area is 158 Å². The van der Waals surface area contributed by atoms with Crippen LogP contribution in [-0.2, 0) is 22.6 Å². The summed E-state index contributed by atoms with van der Waals surface area (Å²) in [6, 6.07) is 4.68. The van der Waals surface area contributed by atoms with E-state index in [-0.39, 0.29) is 12.6 Å². The first-order valence-corrected chi connectivity index (χ1v) is 9.08. The number of hydrogen-bond donors (Lipinski definition) is 2. The van der Waals surface area contributed by atoms with Crippen molar-refractivity contribution in [2.45, 2.75) is 53.8 Å². The molecule has 1 heterocycles. The maximum absolute atomic E-state index is 12.3. The molecule has 27 heavy (non-hydrogen) atoms. The van der Waals surface area contributed by atoms with E-state index in [1.807, 2.05) is 38.3 Å². The van der Waals surface area contributed by atoms with Crippen LogP contribution in [0, 0.1) is 6.92 Å². The zero-order valence-corrected chi connectivity index (χ0v) is 16.5. The highest BCUT2D eigenvalue weighted by molar-refractivity contribution is 5.96. The fourth-order valence-corrected chi connectivity index (χ4v) is 3.01. The van der Waals surface area contributed by atoms with Gasteiger partial charge < -0.3 is 10.1 Å². The molecular formula is C19H27N4O4+. The van der Waals surface area contributed by atoms with Crippen LogP contribution in [0.4, 0.5) is 4.79 Å². The number of fused-ring (bicyclic) bond motifs is 1. The largest absolute Gasteiger partial charge is 0.462 e. The highest BCUT2D eigenvalue weighted by Gasteiger charge is 2.24. The van der Waals surface area contributed by atoms with E-state index in [4.69, 9.17) is 4.74 Å². The summed E-state index contributed by atoms with van der Waals surface area (Å²) in [5.74, 6) is 0.0134. The second-order valence-corrected chi connectivity index (χ2v) is 6.48. The molecule has 8 nitrogen and oxygen atoms in total. The number of carbonyl (C=O) groups is 3. The van der Waals surface area contributed by atoms with Gasteiger partial charge >= 0.3 is 12.0 Å². The van der Waals surface area contributed by atoms with E-state index in [0.717, 1.165) is 16.9 Å². The number of imidazole rings is 1. The number of benzene rings is 1. The lowest BCUT2D eigenvalue weighted by atomic mass is 10.2. The minimum absolute atomic E-state index is 0.0346. The van der Waals surface area contributed by atoms with E-state index in [0.29, 0.717) is 18.7 Å². The molecule has 2 rings (SSSR count). The third-order valence-corrected chi connectivity index (χ3v) is 4.14. The molecule has 0 saturated heterocycles. The Morgan fingerprint density at radius 2 is 1.93 bits per heavy atom. The van der Waals surface area contributed by atoms with Crippen molar-refractivity contribution in [3.8, 4) is 0 Å². The molecule has 146 valence electrons. The van der Waals surface area contributed by atoms with Crippen LogP contribution in [0.25, 0.3) is 11.0 Å². The first-order valence-electron chi connectivity index (χ1n) is 9.08. The second-order valence-electron chi connectivity index (χ2n) is 6.48. The second kappa shape index (κ2) is 8.66. The lowest BCUT2D eigenvalue weighted by Gasteiger charge is -2.08. The molecule has 2 N–H and O–H groups in total. The number of esters is 1. The Balaban J connectivity index is 2.37. The van der Waals surface area contributed by atoms with Crippen molar-refractivity contribution < 1.29 is 23.7 Å². The quantitative estimate of drug-likeness (QED) is 0.593. The van der Waals surface area contributed by atoms with Crippen molar-refractivity contribution in [3.63, 3.8) is 0 Å². The Morgan fingerprint density at radius 3 is 2.52 bits per heavy atom. The zero-order valence-electron chi connectivity index (χ0n) is 16.5. The molecule has 0 fully saturated rings. The predicted octanol–water partition coefficient (Wildman–Crippen LogP) is 1.67. The Morgan fingerprint density at radius 1 is 1.22 bits per heavy atom. The highest BCUT2D eigenvalue weighted by Crippen LogP contribution is 2.17. The standard InChI is InChI=1S/C19H26N4O4/c1-6-22-13(5)23(11-17(24)21-19(26)20-12(3)4)16-10-14(8-9-15(16)22)18(25)27-7-2/h8-10,12H,6-7,11H2,1-5H3,(H-,20,21,24,26)/p+1. The van der Waals surface area contributed by atoms with Gasteiger partial charge in [-0.3, -0.25) is 10.1 Å². The number of urea groups is 1. The average molecular weight is 375 g/mol. The van der Waals surface area contributed by atoms with Gasteiger partial charge in [0, 0.05) is 19.0 Å². The fraction of sp³-hybridized carbons (Fsp3) is 0.474. The normalized spacial score (nSPS) is 10.9. The van der Waals surface area contributed by atoms with Crippen molar-refractivity contribution >= 4 is 28.9 Å². The van der Waals surface area contributed by atoms with E-state index in [2.05, 4.69) is 10.6 Å². The number of imide groups is 1. The summed E-state index contributed by atoms with van der Waals surface area (Å²) in [4.78, 5) is 36.1. The molecule has 0 aliphatic carbocycles. The summed E-state index contributed by atoms with van der Waals surface area (Å²) in [6.45, 7) is 10.3. The van der Waals surface area contributed by atoms with Gasteiger partial charge in [0.05, 0.1) is 18.7 Å². The van der Waals surface area contributed by atoms with Gasteiger partial charge in [-0.2, -0.15) is 0 Å². The number of carbonyl (C=O) groups excluding carboxylic acids is 3. The van der Waals surface area contributed by atoms with Crippen LogP contribution in [0.15, 0.2) is 18.2 Å². The van der Waals surface area contributed by atoms with Crippen molar-refractivity contribution in [1.29, 1.82) is 0 Å². The van der Waals surface area contributed by atoms with Gasteiger partial charge in [0.15, 0.2) is 17.6 Å². The molecule has 1 aromatic heterocycles. The molecule has 0 bridgehead atoms. The molecule has 0 aliphatic rings. The topological polar surface area (TPSA) is 93.3 Å². The van der Waals surface area contributed by atoms with Crippen LogP contribution < -0.4 is 15.2 Å². The molecular weight excluding hydrogens is 348 g/mol. The first kappa shape index (κ1) is 20.4. The molecule has 1 aromatic carbocycles. The molecule has 0 spiro atoms. The molecule has 3 amide bonds. The summed E-state index contributed by atoms with van der Waals surface area (Å²) in [5, 5.41) is 4.95. The van der Waals surface area contributed by atoms with Crippen molar-refractivity contribution in [3.05, 3.63) is 29.6 Å². The van der Waals surface area contributed by atoms with Crippen LogP contribution in [0.5, 0.6) is 0 Å². The van der Waals surface area contributed by atoms with Crippen molar-refractivity contribution in [2.24, 2.45) is 0 Å². The zero-order chi connectivity index (χ0) is 20.1. The average Bonchev–Trinajstić information content (AvgIpc) is 2.85. The number of amides is 3. The number of hydrogen-bond acceptors (Lipinski definition) is 4. The summed E-state index contributed by atoms with van der Waals surface area (Å²) >= 11 is 0. The minimum Gasteiger partial charge on any atom is -0.462 e. The van der Waals surface area contributed by atoms with Crippen molar-refractivity contribution in [1.82, 2.24) is 15.2 Å². The first-order chi connectivity index (χ1) is 12.8.